The van der Waals surface area contributed by atoms with Crippen LogP contribution in [-0.4, -0.2) is 23.8 Å². The van der Waals surface area contributed by atoms with E-state index in [0.717, 1.165) is 41.8 Å². The van der Waals surface area contributed by atoms with Gasteiger partial charge in [0.15, 0.2) is 5.78 Å². The quantitative estimate of drug-likeness (QED) is 0.494. The van der Waals surface area contributed by atoms with Crippen LogP contribution < -0.4 is 5.73 Å². The number of allylic oxidation sites excluding steroid dienone is 1. The van der Waals surface area contributed by atoms with E-state index in [9.17, 15) is 4.79 Å². The third kappa shape index (κ3) is 6.86. The summed E-state index contributed by atoms with van der Waals surface area (Å²) < 4.78 is 0. The number of hydrogen-bond acceptors (Lipinski definition) is 3. The lowest BCUT2D eigenvalue weighted by atomic mass is 9.94. The number of aryl methyl sites for hydroxylation is 2. The number of anilines is 1. The predicted octanol–water partition coefficient (Wildman–Crippen LogP) is 5.59. The summed E-state index contributed by atoms with van der Waals surface area (Å²) in [6, 6.07) is 13.0. The molecule has 2 aromatic carbocycles. The molecule has 3 heteroatoms. The molecule has 0 unspecified atom stereocenters. The zero-order valence-electron chi connectivity index (χ0n) is 18.5. The number of likely N-dealkylation sites (tertiary alicyclic amines) is 1. The Hall–Kier alpha value is -2.39. The minimum absolute atomic E-state index is 0.0522. The van der Waals surface area contributed by atoms with Crippen LogP contribution >= 0.6 is 0 Å². The number of rotatable bonds is 7. The highest BCUT2D eigenvalue weighted by Gasteiger charge is 2.12. The summed E-state index contributed by atoms with van der Waals surface area (Å²) in [7, 11) is 0. The maximum absolute atomic E-state index is 11.3. The fourth-order valence-electron chi connectivity index (χ4n) is 3.79. The van der Waals surface area contributed by atoms with E-state index < -0.39 is 0 Å². The highest BCUT2D eigenvalue weighted by atomic mass is 16.1. The van der Waals surface area contributed by atoms with Crippen molar-refractivity contribution in [3.63, 3.8) is 0 Å². The van der Waals surface area contributed by atoms with Gasteiger partial charge in [0.25, 0.3) is 0 Å². The molecule has 0 saturated carbocycles. The van der Waals surface area contributed by atoms with Gasteiger partial charge in [0.2, 0.25) is 0 Å². The van der Waals surface area contributed by atoms with E-state index >= 15 is 0 Å². The van der Waals surface area contributed by atoms with Crippen LogP contribution in [0.1, 0.15) is 61.4 Å². The fraction of sp³-hybridized carbons (Fsp3) is 0.423. The Morgan fingerprint density at radius 2 is 1.62 bits per heavy atom. The van der Waals surface area contributed by atoms with Gasteiger partial charge in [-0.1, -0.05) is 50.3 Å². The van der Waals surface area contributed by atoms with Gasteiger partial charge in [-0.15, -0.1) is 0 Å². The Morgan fingerprint density at radius 3 is 2.24 bits per heavy atom. The van der Waals surface area contributed by atoms with Crippen LogP contribution in [0.5, 0.6) is 0 Å². The van der Waals surface area contributed by atoms with Crippen LogP contribution in [0.3, 0.4) is 0 Å². The van der Waals surface area contributed by atoms with Crippen molar-refractivity contribution >= 4 is 17.5 Å². The van der Waals surface area contributed by atoms with Crippen LogP contribution in [0.2, 0.25) is 0 Å². The molecule has 0 atom stereocenters. The summed E-state index contributed by atoms with van der Waals surface area (Å²) in [5.41, 5.74) is 13.1. The highest BCUT2D eigenvalue weighted by Crippen LogP contribution is 2.24. The summed E-state index contributed by atoms with van der Waals surface area (Å²) in [6.45, 7) is 11.2. The molecular formula is C26H36N2O. The minimum Gasteiger partial charge on any atom is -0.398 e. The fourth-order valence-corrected chi connectivity index (χ4v) is 3.79. The summed E-state index contributed by atoms with van der Waals surface area (Å²) in [4.78, 5) is 13.9. The van der Waals surface area contributed by atoms with Crippen molar-refractivity contribution in [3.05, 3.63) is 70.3 Å². The van der Waals surface area contributed by atoms with Crippen molar-refractivity contribution in [1.29, 1.82) is 0 Å². The average Bonchev–Trinajstić information content (AvgIpc) is 3.23. The van der Waals surface area contributed by atoms with Crippen molar-refractivity contribution in [3.8, 4) is 0 Å². The standard InChI is InChI=1S/C24H30N2O.C2H6/c1-18-5-14-24(25)23(22(18)12-6-19(2)27)13-11-20-7-9-21(10-8-20)17-26-15-3-4-16-26;1-2/h5-10,12,14H,3-4,11,13,15-17,25H2,1-2H3;1-2H3/b12-6-;. The van der Waals surface area contributed by atoms with Gasteiger partial charge in [0.05, 0.1) is 0 Å². The zero-order valence-corrected chi connectivity index (χ0v) is 18.5. The summed E-state index contributed by atoms with van der Waals surface area (Å²) >= 11 is 0. The van der Waals surface area contributed by atoms with Crippen LogP contribution in [-0.2, 0) is 24.2 Å². The van der Waals surface area contributed by atoms with Crippen molar-refractivity contribution in [1.82, 2.24) is 4.90 Å². The third-order valence-electron chi connectivity index (χ3n) is 5.39. The van der Waals surface area contributed by atoms with Crippen molar-refractivity contribution in [2.45, 2.75) is 59.9 Å². The normalized spacial score (nSPS) is 14.1. The van der Waals surface area contributed by atoms with Crippen molar-refractivity contribution in [2.24, 2.45) is 0 Å². The molecule has 0 aliphatic carbocycles. The molecule has 1 aliphatic heterocycles. The third-order valence-corrected chi connectivity index (χ3v) is 5.39. The second-order valence-electron chi connectivity index (χ2n) is 7.61. The number of carbonyl (C=O) groups is 1. The van der Waals surface area contributed by atoms with E-state index in [2.05, 4.69) is 36.1 Å². The van der Waals surface area contributed by atoms with E-state index in [1.807, 2.05) is 32.1 Å². The SMILES string of the molecule is CC.CC(=O)/C=C\c1c(C)ccc(N)c1CCc1ccc(CN2CCCC2)cc1. The van der Waals surface area contributed by atoms with E-state index in [1.165, 1.54) is 37.1 Å². The Morgan fingerprint density at radius 1 is 1.00 bits per heavy atom. The van der Waals surface area contributed by atoms with Crippen LogP contribution in [0.4, 0.5) is 5.69 Å². The number of nitrogen functional groups attached to an aromatic ring is 1. The molecule has 2 N–H and O–H groups in total. The predicted molar refractivity (Wildman–Crippen MR) is 125 cm³/mol. The zero-order chi connectivity index (χ0) is 21.2. The van der Waals surface area contributed by atoms with Gasteiger partial charge in [-0.05, 0) is 92.6 Å². The first kappa shape index (κ1) is 22.9. The second-order valence-corrected chi connectivity index (χ2v) is 7.61. The van der Waals surface area contributed by atoms with Crippen molar-refractivity contribution in [2.75, 3.05) is 18.8 Å². The Balaban J connectivity index is 0.00000145. The molecule has 156 valence electrons. The number of nitrogens with zero attached hydrogens (tertiary/aromatic N) is 1. The first-order valence-corrected chi connectivity index (χ1v) is 10.9. The summed E-state index contributed by atoms with van der Waals surface area (Å²) in [6.07, 6.45) is 8.00. The smallest absolute Gasteiger partial charge is 0.152 e. The van der Waals surface area contributed by atoms with Gasteiger partial charge >= 0.3 is 0 Å². The summed E-state index contributed by atoms with van der Waals surface area (Å²) in [5.74, 6) is 0.0522. The Bertz CT molecular complexity index is 815. The summed E-state index contributed by atoms with van der Waals surface area (Å²) in [5, 5.41) is 0. The molecule has 0 spiro atoms. The maximum Gasteiger partial charge on any atom is 0.152 e. The van der Waals surface area contributed by atoms with Gasteiger partial charge in [-0.3, -0.25) is 9.69 Å². The van der Waals surface area contributed by atoms with E-state index in [-0.39, 0.29) is 5.78 Å². The number of carbonyl (C=O) groups excluding carboxylic acids is 1. The van der Waals surface area contributed by atoms with Gasteiger partial charge in [0, 0.05) is 12.2 Å². The number of benzene rings is 2. The van der Waals surface area contributed by atoms with Gasteiger partial charge < -0.3 is 5.73 Å². The molecular weight excluding hydrogens is 356 g/mol. The monoisotopic (exact) mass is 392 g/mol. The largest absolute Gasteiger partial charge is 0.398 e. The molecule has 29 heavy (non-hydrogen) atoms. The topological polar surface area (TPSA) is 46.3 Å². The Kier molecular flexibility index (Phi) is 9.14. The molecule has 3 nitrogen and oxygen atoms in total. The molecule has 0 radical (unpaired) electrons. The lowest BCUT2D eigenvalue weighted by molar-refractivity contribution is -0.112. The first-order valence-electron chi connectivity index (χ1n) is 10.9. The lowest BCUT2D eigenvalue weighted by Crippen LogP contribution is -2.18. The number of nitrogens with two attached hydrogens (primary N) is 1. The number of hydrogen-bond donors (Lipinski definition) is 1. The molecule has 0 aromatic heterocycles. The van der Waals surface area contributed by atoms with Crippen molar-refractivity contribution < 1.29 is 4.79 Å². The molecule has 0 bridgehead atoms. The first-order chi connectivity index (χ1) is 14.0. The van der Waals surface area contributed by atoms with E-state index in [0.29, 0.717) is 0 Å². The van der Waals surface area contributed by atoms with Gasteiger partial charge in [-0.25, -0.2) is 0 Å². The van der Waals surface area contributed by atoms with Crippen LogP contribution in [0.15, 0.2) is 42.5 Å². The average molecular weight is 393 g/mol. The lowest BCUT2D eigenvalue weighted by Gasteiger charge is -2.15. The Labute approximate surface area is 176 Å². The molecule has 1 fully saturated rings. The van der Waals surface area contributed by atoms with Gasteiger partial charge in [-0.2, -0.15) is 0 Å². The molecule has 2 aromatic rings. The van der Waals surface area contributed by atoms with E-state index in [1.54, 1.807) is 13.0 Å². The molecule has 3 rings (SSSR count). The molecule has 1 heterocycles. The minimum atomic E-state index is 0.0522. The number of ketones is 1. The molecule has 1 saturated heterocycles. The van der Waals surface area contributed by atoms with Crippen LogP contribution in [0, 0.1) is 6.92 Å². The van der Waals surface area contributed by atoms with Crippen LogP contribution in [0.25, 0.3) is 6.08 Å². The second kappa shape index (κ2) is 11.6. The molecule has 0 amide bonds. The maximum atomic E-state index is 11.3. The van der Waals surface area contributed by atoms with Gasteiger partial charge in [0.1, 0.15) is 0 Å². The highest BCUT2D eigenvalue weighted by molar-refractivity contribution is 5.92. The molecule has 1 aliphatic rings. The van der Waals surface area contributed by atoms with E-state index in [4.69, 9.17) is 5.73 Å².